The lowest BCUT2D eigenvalue weighted by atomic mass is 10.1. The van der Waals surface area contributed by atoms with Crippen molar-refractivity contribution in [2.24, 2.45) is 0 Å². The summed E-state index contributed by atoms with van der Waals surface area (Å²) < 4.78 is 15.8. The first-order chi connectivity index (χ1) is 14.5. The maximum atomic E-state index is 12.1. The fourth-order valence-electron chi connectivity index (χ4n) is 2.83. The number of amides is 1. The van der Waals surface area contributed by atoms with E-state index in [1.54, 1.807) is 6.07 Å². The van der Waals surface area contributed by atoms with Crippen LogP contribution >= 0.6 is 0 Å². The van der Waals surface area contributed by atoms with Gasteiger partial charge in [0, 0.05) is 0 Å². The fourth-order valence-corrected chi connectivity index (χ4v) is 2.83. The second-order valence-corrected chi connectivity index (χ2v) is 6.74. The van der Waals surface area contributed by atoms with Crippen LogP contribution in [0, 0.1) is 0 Å². The van der Waals surface area contributed by atoms with E-state index in [0.29, 0.717) is 11.5 Å². The SMILES string of the molecule is C/C=C/c1ccc(OCC(=O)OCC(=O)N[C@H](C)c2ccc(CC)cc2)c(OC)c1. The molecule has 2 aromatic carbocycles. The number of methoxy groups -OCH3 is 1. The van der Waals surface area contributed by atoms with Gasteiger partial charge in [0.15, 0.2) is 24.7 Å². The number of rotatable bonds is 10. The predicted octanol–water partition coefficient (Wildman–Crippen LogP) is 4.09. The second kappa shape index (κ2) is 11.7. The van der Waals surface area contributed by atoms with E-state index in [2.05, 4.69) is 12.2 Å². The topological polar surface area (TPSA) is 73.9 Å². The smallest absolute Gasteiger partial charge is 0.344 e. The van der Waals surface area contributed by atoms with Crippen LogP contribution in [0.15, 0.2) is 48.5 Å². The minimum absolute atomic E-state index is 0.182. The molecule has 1 atom stereocenters. The molecule has 160 valence electrons. The summed E-state index contributed by atoms with van der Waals surface area (Å²) in [5.41, 5.74) is 3.18. The van der Waals surface area contributed by atoms with Crippen LogP contribution in [0.1, 0.15) is 43.5 Å². The van der Waals surface area contributed by atoms with Crippen LogP contribution in [-0.4, -0.2) is 32.2 Å². The van der Waals surface area contributed by atoms with Crippen molar-refractivity contribution in [3.8, 4) is 11.5 Å². The minimum atomic E-state index is -0.635. The van der Waals surface area contributed by atoms with E-state index in [4.69, 9.17) is 14.2 Å². The average Bonchev–Trinajstić information content (AvgIpc) is 2.76. The quantitative estimate of drug-likeness (QED) is 0.596. The molecular weight excluding hydrogens is 382 g/mol. The molecule has 0 saturated carbocycles. The van der Waals surface area contributed by atoms with Crippen molar-refractivity contribution in [3.05, 3.63) is 65.2 Å². The third-order valence-electron chi connectivity index (χ3n) is 4.52. The Morgan fingerprint density at radius 3 is 2.43 bits per heavy atom. The largest absolute Gasteiger partial charge is 0.493 e. The van der Waals surface area contributed by atoms with Crippen LogP contribution in [0.25, 0.3) is 6.08 Å². The van der Waals surface area contributed by atoms with Gasteiger partial charge in [-0.1, -0.05) is 49.4 Å². The molecule has 2 rings (SSSR count). The lowest BCUT2D eigenvalue weighted by Crippen LogP contribution is -2.32. The van der Waals surface area contributed by atoms with Crippen molar-refractivity contribution in [2.45, 2.75) is 33.2 Å². The van der Waals surface area contributed by atoms with Crippen LogP contribution in [0.2, 0.25) is 0 Å². The highest BCUT2D eigenvalue weighted by Gasteiger charge is 2.13. The summed E-state index contributed by atoms with van der Waals surface area (Å²) in [6.07, 6.45) is 4.81. The van der Waals surface area contributed by atoms with Gasteiger partial charge in [0.2, 0.25) is 0 Å². The highest BCUT2D eigenvalue weighted by molar-refractivity contribution is 5.81. The molecule has 1 amide bonds. The molecule has 30 heavy (non-hydrogen) atoms. The third kappa shape index (κ3) is 6.95. The summed E-state index contributed by atoms with van der Waals surface area (Å²) in [5, 5.41) is 2.82. The number of allylic oxidation sites excluding steroid dienone is 1. The molecule has 0 fully saturated rings. The number of hydrogen-bond donors (Lipinski definition) is 1. The Balaban J connectivity index is 1.79. The van der Waals surface area contributed by atoms with E-state index in [-0.39, 0.29) is 25.2 Å². The first-order valence-electron chi connectivity index (χ1n) is 9.94. The lowest BCUT2D eigenvalue weighted by Gasteiger charge is -2.15. The summed E-state index contributed by atoms with van der Waals surface area (Å²) in [6.45, 7) is 5.21. The lowest BCUT2D eigenvalue weighted by molar-refractivity contribution is -0.150. The fraction of sp³-hybridized carbons (Fsp3) is 0.333. The molecule has 0 heterocycles. The van der Waals surface area contributed by atoms with Gasteiger partial charge in [0.25, 0.3) is 5.91 Å². The Bertz CT molecular complexity index is 874. The highest BCUT2D eigenvalue weighted by atomic mass is 16.6. The number of nitrogens with one attached hydrogen (secondary N) is 1. The van der Waals surface area contributed by atoms with Gasteiger partial charge in [0.05, 0.1) is 13.2 Å². The number of benzene rings is 2. The van der Waals surface area contributed by atoms with Gasteiger partial charge in [-0.05, 0) is 49.1 Å². The Hall–Kier alpha value is -3.28. The Morgan fingerprint density at radius 1 is 1.07 bits per heavy atom. The molecule has 1 N–H and O–H groups in total. The molecule has 0 aliphatic heterocycles. The van der Waals surface area contributed by atoms with Crippen LogP contribution in [-0.2, 0) is 20.7 Å². The van der Waals surface area contributed by atoms with Crippen molar-refractivity contribution in [1.82, 2.24) is 5.32 Å². The molecule has 0 saturated heterocycles. The molecule has 2 aromatic rings. The maximum absolute atomic E-state index is 12.1. The first-order valence-corrected chi connectivity index (χ1v) is 9.94. The number of aryl methyl sites for hydroxylation is 1. The molecule has 0 aliphatic carbocycles. The Kier molecular flexibility index (Phi) is 8.94. The van der Waals surface area contributed by atoms with Gasteiger partial charge < -0.3 is 19.5 Å². The highest BCUT2D eigenvalue weighted by Crippen LogP contribution is 2.28. The molecule has 0 aromatic heterocycles. The van der Waals surface area contributed by atoms with Crippen LogP contribution in [0.3, 0.4) is 0 Å². The third-order valence-corrected chi connectivity index (χ3v) is 4.52. The Morgan fingerprint density at radius 2 is 1.80 bits per heavy atom. The maximum Gasteiger partial charge on any atom is 0.344 e. The standard InChI is InChI=1S/C24H29NO5/c1-5-7-19-10-13-21(22(14-19)28-4)29-16-24(27)30-15-23(26)25-17(3)20-11-8-18(6-2)9-12-20/h5,7-14,17H,6,15-16H2,1-4H3,(H,25,26)/b7-5+/t17-/m1/s1. The molecule has 0 unspecified atom stereocenters. The average molecular weight is 411 g/mol. The van der Waals surface area contributed by atoms with Gasteiger partial charge in [-0.15, -0.1) is 0 Å². The zero-order valence-corrected chi connectivity index (χ0v) is 17.9. The van der Waals surface area contributed by atoms with Crippen LogP contribution in [0.4, 0.5) is 0 Å². The zero-order chi connectivity index (χ0) is 21.9. The van der Waals surface area contributed by atoms with Crippen molar-refractivity contribution in [3.63, 3.8) is 0 Å². The number of ether oxygens (including phenoxy) is 3. The number of hydrogen-bond acceptors (Lipinski definition) is 5. The van der Waals surface area contributed by atoms with Crippen LogP contribution in [0.5, 0.6) is 11.5 Å². The van der Waals surface area contributed by atoms with Crippen molar-refractivity contribution in [2.75, 3.05) is 20.3 Å². The van der Waals surface area contributed by atoms with E-state index in [9.17, 15) is 9.59 Å². The van der Waals surface area contributed by atoms with Gasteiger partial charge >= 0.3 is 5.97 Å². The summed E-state index contributed by atoms with van der Waals surface area (Å²) in [6, 6.07) is 13.2. The van der Waals surface area contributed by atoms with Crippen molar-refractivity contribution < 1.29 is 23.8 Å². The van der Waals surface area contributed by atoms with E-state index >= 15 is 0 Å². The van der Waals surface area contributed by atoms with E-state index in [1.165, 1.54) is 12.7 Å². The second-order valence-electron chi connectivity index (χ2n) is 6.74. The summed E-state index contributed by atoms with van der Waals surface area (Å²) >= 11 is 0. The van der Waals surface area contributed by atoms with Gasteiger partial charge in [-0.2, -0.15) is 0 Å². The predicted molar refractivity (Wildman–Crippen MR) is 117 cm³/mol. The van der Waals surface area contributed by atoms with Gasteiger partial charge in [-0.25, -0.2) is 4.79 Å². The first kappa shape index (κ1) is 23.0. The van der Waals surface area contributed by atoms with Crippen molar-refractivity contribution >= 4 is 18.0 Å². The van der Waals surface area contributed by atoms with Gasteiger partial charge in [0.1, 0.15) is 0 Å². The number of carbonyl (C=O) groups is 2. The summed E-state index contributed by atoms with van der Waals surface area (Å²) in [4.78, 5) is 24.0. The molecule has 0 bridgehead atoms. The zero-order valence-electron chi connectivity index (χ0n) is 17.9. The summed E-state index contributed by atoms with van der Waals surface area (Å²) in [7, 11) is 1.53. The van der Waals surface area contributed by atoms with E-state index in [0.717, 1.165) is 17.5 Å². The summed E-state index contributed by atoms with van der Waals surface area (Å²) in [5.74, 6) is -0.0660. The van der Waals surface area contributed by atoms with E-state index < -0.39 is 5.97 Å². The van der Waals surface area contributed by atoms with Crippen molar-refractivity contribution in [1.29, 1.82) is 0 Å². The van der Waals surface area contributed by atoms with Crippen LogP contribution < -0.4 is 14.8 Å². The van der Waals surface area contributed by atoms with Gasteiger partial charge in [-0.3, -0.25) is 4.79 Å². The molecule has 0 radical (unpaired) electrons. The number of carbonyl (C=O) groups excluding carboxylic acids is 2. The number of esters is 1. The van der Waals surface area contributed by atoms with E-state index in [1.807, 2.05) is 62.4 Å². The molecule has 6 nitrogen and oxygen atoms in total. The monoisotopic (exact) mass is 411 g/mol. The molecule has 0 aliphatic rings. The molecule has 6 heteroatoms. The minimum Gasteiger partial charge on any atom is -0.493 e. The molecular formula is C24H29NO5. The normalized spacial score (nSPS) is 11.7. The Labute approximate surface area is 177 Å². The molecule has 0 spiro atoms.